The second-order valence-electron chi connectivity index (χ2n) is 4.05. The average Bonchev–Trinajstić information content (AvgIpc) is 2.56. The summed E-state index contributed by atoms with van der Waals surface area (Å²) in [6.45, 7) is 4.51. The van der Waals surface area contributed by atoms with Crippen molar-refractivity contribution in [3.8, 4) is 0 Å². The van der Waals surface area contributed by atoms with Gasteiger partial charge in [0.25, 0.3) is 0 Å². The zero-order valence-electron chi connectivity index (χ0n) is 8.61. The summed E-state index contributed by atoms with van der Waals surface area (Å²) in [5.74, 6) is 0.600. The van der Waals surface area contributed by atoms with Crippen molar-refractivity contribution >= 4 is 5.82 Å². The molecule has 3 nitrogen and oxygen atoms in total. The van der Waals surface area contributed by atoms with Gasteiger partial charge in [0.05, 0.1) is 0 Å². The van der Waals surface area contributed by atoms with Gasteiger partial charge in [-0.15, -0.1) is 0 Å². The van der Waals surface area contributed by atoms with Gasteiger partial charge in [-0.25, -0.2) is 4.98 Å². The topological polar surface area (TPSA) is 42.1 Å². The van der Waals surface area contributed by atoms with Crippen LogP contribution in [-0.4, -0.2) is 22.5 Å². The third-order valence-corrected chi connectivity index (χ3v) is 2.92. The van der Waals surface area contributed by atoms with Crippen LogP contribution in [0.2, 0.25) is 0 Å². The van der Waals surface area contributed by atoms with Crippen molar-refractivity contribution in [2.45, 2.75) is 32.4 Å². The van der Waals surface area contributed by atoms with Gasteiger partial charge in [-0.2, -0.15) is 0 Å². The summed E-state index contributed by atoms with van der Waals surface area (Å²) < 4.78 is 0. The maximum atomic E-state index is 5.54. The monoisotopic (exact) mass is 191 g/mol. The molecule has 0 radical (unpaired) electrons. The molecule has 1 fully saturated rings. The van der Waals surface area contributed by atoms with Gasteiger partial charge in [0, 0.05) is 18.8 Å². The number of aromatic nitrogens is 1. The molecule has 1 atom stereocenters. The molecule has 0 spiro atoms. The Morgan fingerprint density at radius 3 is 3.00 bits per heavy atom. The fourth-order valence-corrected chi connectivity index (χ4v) is 1.99. The third kappa shape index (κ3) is 2.04. The van der Waals surface area contributed by atoms with Crippen LogP contribution >= 0.6 is 0 Å². The van der Waals surface area contributed by atoms with Gasteiger partial charge < -0.3 is 5.73 Å². The molecule has 2 N–H and O–H groups in total. The highest BCUT2D eigenvalue weighted by Gasteiger charge is 2.19. The Morgan fingerprint density at radius 2 is 2.43 bits per heavy atom. The molecule has 1 aliphatic rings. The molecule has 0 aliphatic carbocycles. The summed E-state index contributed by atoms with van der Waals surface area (Å²) in [4.78, 5) is 6.59. The second kappa shape index (κ2) is 3.96. The minimum absolute atomic E-state index is 0.600. The summed E-state index contributed by atoms with van der Waals surface area (Å²) in [6, 6.07) is 4.65. The van der Waals surface area contributed by atoms with E-state index in [1.807, 2.05) is 12.3 Å². The number of hydrogen-bond acceptors (Lipinski definition) is 3. The van der Waals surface area contributed by atoms with Gasteiger partial charge >= 0.3 is 0 Å². The molecule has 1 aromatic rings. The predicted octanol–water partition coefficient (Wildman–Crippen LogP) is 1.65. The Morgan fingerprint density at radius 1 is 1.57 bits per heavy atom. The molecule has 0 aromatic carbocycles. The molecular formula is C11H17N3. The number of nitrogens with zero attached hydrogens (tertiary/aromatic N) is 2. The minimum Gasteiger partial charge on any atom is -0.384 e. The summed E-state index contributed by atoms with van der Waals surface area (Å²) in [5, 5.41) is 0. The maximum Gasteiger partial charge on any atom is 0.123 e. The summed E-state index contributed by atoms with van der Waals surface area (Å²) in [7, 11) is 0. The number of hydrogen-bond donors (Lipinski definition) is 1. The van der Waals surface area contributed by atoms with E-state index in [-0.39, 0.29) is 0 Å². The minimum atomic E-state index is 0.600. The first-order valence-electron chi connectivity index (χ1n) is 5.20. The quantitative estimate of drug-likeness (QED) is 0.773. The lowest BCUT2D eigenvalue weighted by molar-refractivity contribution is 0.260. The second-order valence-corrected chi connectivity index (χ2v) is 4.05. The Labute approximate surface area is 84.9 Å². The van der Waals surface area contributed by atoms with Crippen molar-refractivity contribution in [1.82, 2.24) is 9.88 Å². The van der Waals surface area contributed by atoms with Crippen molar-refractivity contribution < 1.29 is 0 Å². The molecular weight excluding hydrogens is 174 g/mol. The van der Waals surface area contributed by atoms with E-state index in [0.29, 0.717) is 11.9 Å². The first-order chi connectivity index (χ1) is 6.75. The fourth-order valence-electron chi connectivity index (χ4n) is 1.99. The molecule has 2 rings (SSSR count). The Kier molecular flexibility index (Phi) is 2.68. The molecule has 3 heteroatoms. The molecule has 0 bridgehead atoms. The predicted molar refractivity (Wildman–Crippen MR) is 57.8 cm³/mol. The molecule has 1 aliphatic heterocycles. The zero-order valence-corrected chi connectivity index (χ0v) is 8.61. The van der Waals surface area contributed by atoms with Gasteiger partial charge in [-0.05, 0) is 37.9 Å². The maximum absolute atomic E-state index is 5.54. The summed E-state index contributed by atoms with van der Waals surface area (Å²) >= 11 is 0. The average molecular weight is 191 g/mol. The number of pyridine rings is 1. The van der Waals surface area contributed by atoms with Gasteiger partial charge in [0.15, 0.2) is 0 Å². The number of nitrogen functional groups attached to an aromatic ring is 1. The Hall–Kier alpha value is -1.09. The van der Waals surface area contributed by atoms with Crippen molar-refractivity contribution in [3.05, 3.63) is 23.9 Å². The van der Waals surface area contributed by atoms with E-state index in [1.165, 1.54) is 24.9 Å². The first kappa shape index (κ1) is 9.46. The summed E-state index contributed by atoms with van der Waals surface area (Å²) in [6.07, 6.45) is 4.52. The number of anilines is 1. The van der Waals surface area contributed by atoms with E-state index in [9.17, 15) is 0 Å². The lowest BCUT2D eigenvalue weighted by Crippen LogP contribution is -2.26. The van der Waals surface area contributed by atoms with Gasteiger partial charge in [0.1, 0.15) is 5.82 Å². The van der Waals surface area contributed by atoms with E-state index < -0.39 is 0 Å². The Balaban J connectivity index is 2.00. The van der Waals surface area contributed by atoms with Crippen LogP contribution in [0.25, 0.3) is 0 Å². The molecule has 0 amide bonds. The SMILES string of the molecule is CC1CCCN1Cc1ccc(N)nc1. The standard InChI is InChI=1S/C11H17N3/c1-9-3-2-6-14(9)8-10-4-5-11(12)13-7-10/h4-5,7,9H,2-3,6,8H2,1H3,(H2,12,13). The van der Waals surface area contributed by atoms with Crippen LogP contribution < -0.4 is 5.73 Å². The van der Waals surface area contributed by atoms with Crippen molar-refractivity contribution in [3.63, 3.8) is 0 Å². The van der Waals surface area contributed by atoms with Gasteiger partial charge in [-0.3, -0.25) is 4.90 Å². The van der Waals surface area contributed by atoms with E-state index in [1.54, 1.807) is 0 Å². The molecule has 14 heavy (non-hydrogen) atoms. The normalized spacial score (nSPS) is 22.8. The van der Waals surface area contributed by atoms with Gasteiger partial charge in [0.2, 0.25) is 0 Å². The first-order valence-corrected chi connectivity index (χ1v) is 5.20. The molecule has 0 saturated carbocycles. The van der Waals surface area contributed by atoms with E-state index in [0.717, 1.165) is 6.54 Å². The molecule has 1 aromatic heterocycles. The van der Waals surface area contributed by atoms with Gasteiger partial charge in [-0.1, -0.05) is 6.07 Å². The van der Waals surface area contributed by atoms with E-state index in [4.69, 9.17) is 5.73 Å². The van der Waals surface area contributed by atoms with E-state index >= 15 is 0 Å². The lowest BCUT2D eigenvalue weighted by atomic mass is 10.2. The number of rotatable bonds is 2. The van der Waals surface area contributed by atoms with Crippen molar-refractivity contribution in [2.24, 2.45) is 0 Å². The Bertz CT molecular complexity index is 294. The fraction of sp³-hybridized carbons (Fsp3) is 0.545. The van der Waals surface area contributed by atoms with Crippen LogP contribution in [0.15, 0.2) is 18.3 Å². The van der Waals surface area contributed by atoms with E-state index in [2.05, 4.69) is 22.9 Å². The van der Waals surface area contributed by atoms with Crippen LogP contribution in [-0.2, 0) is 6.54 Å². The molecule has 76 valence electrons. The summed E-state index contributed by atoms with van der Waals surface area (Å²) in [5.41, 5.74) is 6.79. The van der Waals surface area contributed by atoms with Crippen molar-refractivity contribution in [2.75, 3.05) is 12.3 Å². The highest BCUT2D eigenvalue weighted by Crippen LogP contribution is 2.19. The largest absolute Gasteiger partial charge is 0.384 e. The zero-order chi connectivity index (χ0) is 9.97. The molecule has 1 saturated heterocycles. The van der Waals surface area contributed by atoms with Crippen molar-refractivity contribution in [1.29, 1.82) is 0 Å². The lowest BCUT2D eigenvalue weighted by Gasteiger charge is -2.20. The molecule has 1 unspecified atom stereocenters. The van der Waals surface area contributed by atoms with Crippen LogP contribution in [0.3, 0.4) is 0 Å². The van der Waals surface area contributed by atoms with Crippen LogP contribution in [0.5, 0.6) is 0 Å². The van der Waals surface area contributed by atoms with Crippen LogP contribution in [0, 0.1) is 0 Å². The van der Waals surface area contributed by atoms with Crippen LogP contribution in [0.1, 0.15) is 25.3 Å². The highest BCUT2D eigenvalue weighted by molar-refractivity contribution is 5.29. The molecule has 2 heterocycles. The smallest absolute Gasteiger partial charge is 0.123 e. The van der Waals surface area contributed by atoms with Crippen LogP contribution in [0.4, 0.5) is 5.82 Å². The third-order valence-electron chi connectivity index (χ3n) is 2.92. The number of nitrogens with two attached hydrogens (primary N) is 1. The highest BCUT2D eigenvalue weighted by atomic mass is 15.2. The number of likely N-dealkylation sites (tertiary alicyclic amines) is 1.